The summed E-state index contributed by atoms with van der Waals surface area (Å²) < 4.78 is 2.42. The number of imidazole rings is 1. The Morgan fingerprint density at radius 2 is 1.14 bits per heavy atom. The molecular weight excluding hydrogens is 775 g/mol. The summed E-state index contributed by atoms with van der Waals surface area (Å²) in [7, 11) is 0. The van der Waals surface area contributed by atoms with Crippen LogP contribution in [0.4, 0.5) is 11.4 Å². The van der Waals surface area contributed by atoms with E-state index in [1.807, 2.05) is 0 Å². The monoisotopic (exact) mass is 813 g/mol. The molecule has 0 fully saturated rings. The fourth-order valence-electron chi connectivity index (χ4n) is 7.06. The second-order valence-corrected chi connectivity index (χ2v) is 13.1. The minimum Gasteiger partial charge on any atom is -0.331 e. The first kappa shape index (κ1) is 32.5. The maximum absolute atomic E-state index is 5.48. The molecule has 0 spiro atoms. The molecule has 7 aromatic rings. The number of nitrogens with zero attached hydrogens (tertiary/aromatic N) is 3. The molecule has 2 heterocycles. The van der Waals surface area contributed by atoms with E-state index in [4.69, 9.17) is 4.98 Å². The van der Waals surface area contributed by atoms with Crippen molar-refractivity contribution in [2.24, 2.45) is 0 Å². The van der Waals surface area contributed by atoms with Gasteiger partial charge >= 0.3 is 0 Å². The summed E-state index contributed by atoms with van der Waals surface area (Å²) in [6.07, 6.45) is 3.94. The van der Waals surface area contributed by atoms with E-state index < -0.39 is 0 Å². The van der Waals surface area contributed by atoms with E-state index in [1.165, 1.54) is 33.5 Å². The standard InChI is InChI=1S/C45H38N3.Ir/c1-30(2)38-27-34(32-17-7-5-8-18-32)28-39(31(3)4)44(38)48-42-26-16-14-24-40(42)46-45(48)43-29-33-19-11-12-22-36(33)37-23-13-15-25-41(37)47(43)35-20-9-6-10-21-35;/h5-28,30-31H,1-4H3;/q-1;. The first-order valence-corrected chi connectivity index (χ1v) is 16.9. The molecule has 0 saturated carbocycles. The summed E-state index contributed by atoms with van der Waals surface area (Å²) in [6.45, 7) is 9.21. The number of anilines is 2. The topological polar surface area (TPSA) is 21.1 Å². The molecular formula is C45H38IrN3-. The Kier molecular flexibility index (Phi) is 8.94. The van der Waals surface area contributed by atoms with Gasteiger partial charge in [-0.1, -0.05) is 124 Å². The van der Waals surface area contributed by atoms with Crippen molar-refractivity contribution in [3.05, 3.63) is 174 Å². The molecule has 0 saturated heterocycles. The molecule has 0 unspecified atom stereocenters. The fraction of sp³-hybridized carbons (Fsp3) is 0.133. The van der Waals surface area contributed by atoms with Gasteiger partial charge in [0, 0.05) is 42.9 Å². The van der Waals surface area contributed by atoms with Gasteiger partial charge in [-0.05, 0) is 82.1 Å². The van der Waals surface area contributed by atoms with Gasteiger partial charge < -0.3 is 9.47 Å². The predicted octanol–water partition coefficient (Wildman–Crippen LogP) is 11.9. The normalized spacial score (nSPS) is 12.4. The van der Waals surface area contributed by atoms with Crippen molar-refractivity contribution in [2.75, 3.05) is 4.90 Å². The third-order valence-corrected chi connectivity index (χ3v) is 9.37. The van der Waals surface area contributed by atoms with Crippen LogP contribution in [-0.4, -0.2) is 9.55 Å². The molecule has 4 heteroatoms. The average molecular weight is 813 g/mol. The Morgan fingerprint density at radius 3 is 1.84 bits per heavy atom. The Balaban J connectivity index is 0.00000378. The largest absolute Gasteiger partial charge is 0.331 e. The third-order valence-electron chi connectivity index (χ3n) is 9.37. The summed E-state index contributed by atoms with van der Waals surface area (Å²) in [5.74, 6) is 1.41. The maximum Gasteiger partial charge on any atom is 0.0873 e. The van der Waals surface area contributed by atoms with Crippen LogP contribution >= 0.6 is 0 Å². The maximum atomic E-state index is 5.48. The van der Waals surface area contributed by atoms with Gasteiger partial charge in [0.25, 0.3) is 0 Å². The quantitative estimate of drug-likeness (QED) is 0.156. The summed E-state index contributed by atoms with van der Waals surface area (Å²) in [5, 5.41) is 0. The minimum absolute atomic E-state index is 0. The van der Waals surface area contributed by atoms with Crippen molar-refractivity contribution in [3.63, 3.8) is 0 Å². The van der Waals surface area contributed by atoms with Gasteiger partial charge in [-0.25, -0.2) is 0 Å². The number of para-hydroxylation sites is 4. The van der Waals surface area contributed by atoms with E-state index in [0.29, 0.717) is 0 Å². The number of hydrogen-bond donors (Lipinski definition) is 0. The number of hydrogen-bond acceptors (Lipinski definition) is 2. The zero-order valence-corrected chi connectivity index (χ0v) is 30.6. The van der Waals surface area contributed by atoms with Crippen LogP contribution in [0.5, 0.6) is 0 Å². The van der Waals surface area contributed by atoms with Crippen LogP contribution in [0.1, 0.15) is 62.0 Å². The van der Waals surface area contributed by atoms with Gasteiger partial charge in [-0.15, -0.1) is 23.8 Å². The molecule has 3 nitrogen and oxygen atoms in total. The van der Waals surface area contributed by atoms with Gasteiger partial charge in [-0.3, -0.25) is 4.98 Å². The van der Waals surface area contributed by atoms with Gasteiger partial charge in [0.1, 0.15) is 0 Å². The van der Waals surface area contributed by atoms with E-state index in [2.05, 4.69) is 189 Å². The molecule has 0 aliphatic carbocycles. The van der Waals surface area contributed by atoms with E-state index >= 15 is 0 Å². The molecule has 1 radical (unpaired) electrons. The SMILES string of the molecule is CC(C)c1cc(-c2ccccc2)cc(C(C)C)c1-n1c(C2=[C-]c3ccccc3-c3ccccc3N2c2ccccc2)nc2ccccc21.[Ir]. The van der Waals surface area contributed by atoms with E-state index in [-0.39, 0.29) is 31.9 Å². The molecule has 49 heavy (non-hydrogen) atoms. The number of benzene rings is 6. The van der Waals surface area contributed by atoms with Crippen molar-refractivity contribution in [2.45, 2.75) is 39.5 Å². The second-order valence-electron chi connectivity index (χ2n) is 13.1. The van der Waals surface area contributed by atoms with Crippen molar-refractivity contribution in [3.8, 4) is 27.9 Å². The first-order valence-electron chi connectivity index (χ1n) is 16.9. The zero-order valence-electron chi connectivity index (χ0n) is 28.2. The first-order chi connectivity index (χ1) is 23.5. The molecule has 8 rings (SSSR count). The molecule has 1 aliphatic heterocycles. The zero-order chi connectivity index (χ0) is 32.8. The van der Waals surface area contributed by atoms with E-state index in [0.717, 1.165) is 45.1 Å². The molecule has 1 aliphatic rings. The summed E-state index contributed by atoms with van der Waals surface area (Å²) in [4.78, 5) is 7.82. The van der Waals surface area contributed by atoms with Crippen LogP contribution in [-0.2, 0) is 20.1 Å². The Morgan fingerprint density at radius 1 is 0.571 bits per heavy atom. The molecule has 0 amide bonds. The van der Waals surface area contributed by atoms with Gasteiger partial charge in [0.2, 0.25) is 0 Å². The van der Waals surface area contributed by atoms with Crippen LogP contribution in [0, 0.1) is 6.08 Å². The summed E-state index contributed by atoms with van der Waals surface area (Å²) >= 11 is 0. The Hall–Kier alpha value is -5.02. The Labute approximate surface area is 302 Å². The van der Waals surface area contributed by atoms with Gasteiger partial charge in [-0.2, -0.15) is 0 Å². The number of rotatable bonds is 6. The van der Waals surface area contributed by atoms with Crippen molar-refractivity contribution in [1.29, 1.82) is 0 Å². The van der Waals surface area contributed by atoms with Crippen molar-refractivity contribution in [1.82, 2.24) is 9.55 Å². The smallest absolute Gasteiger partial charge is 0.0873 e. The molecule has 0 atom stereocenters. The summed E-state index contributed by atoms with van der Waals surface area (Å²) in [5.41, 5.74) is 14.7. The fourth-order valence-corrected chi connectivity index (χ4v) is 7.06. The number of fused-ring (bicyclic) bond motifs is 4. The summed E-state index contributed by atoms with van der Waals surface area (Å²) in [6, 6.07) is 52.0. The predicted molar refractivity (Wildman–Crippen MR) is 201 cm³/mol. The van der Waals surface area contributed by atoms with E-state index in [1.54, 1.807) is 0 Å². The van der Waals surface area contributed by atoms with Crippen LogP contribution in [0.15, 0.2) is 146 Å². The molecule has 0 bridgehead atoms. The third kappa shape index (κ3) is 5.76. The molecule has 243 valence electrons. The number of aromatic nitrogens is 2. The molecule has 0 N–H and O–H groups in total. The van der Waals surface area contributed by atoms with Crippen LogP contribution in [0.2, 0.25) is 0 Å². The van der Waals surface area contributed by atoms with Crippen molar-refractivity contribution >= 4 is 28.1 Å². The van der Waals surface area contributed by atoms with Gasteiger partial charge in [0.15, 0.2) is 0 Å². The second kappa shape index (κ2) is 13.5. The van der Waals surface area contributed by atoms with Crippen LogP contribution in [0.25, 0.3) is 44.7 Å². The Bertz CT molecular complexity index is 2270. The van der Waals surface area contributed by atoms with Crippen molar-refractivity contribution < 1.29 is 20.1 Å². The van der Waals surface area contributed by atoms with Crippen LogP contribution in [0.3, 0.4) is 0 Å². The minimum atomic E-state index is 0. The van der Waals surface area contributed by atoms with E-state index in [9.17, 15) is 0 Å². The van der Waals surface area contributed by atoms with Gasteiger partial charge in [0.05, 0.1) is 16.9 Å². The molecule has 6 aromatic carbocycles. The molecule has 1 aromatic heterocycles. The average Bonchev–Trinajstić information content (AvgIpc) is 3.43. The van der Waals surface area contributed by atoms with Crippen LogP contribution < -0.4 is 4.90 Å².